The third kappa shape index (κ3) is 5.49. The summed E-state index contributed by atoms with van der Waals surface area (Å²) in [5.74, 6) is 1.15. The summed E-state index contributed by atoms with van der Waals surface area (Å²) in [4.78, 5) is 14.8. The maximum absolute atomic E-state index is 12.3. The van der Waals surface area contributed by atoms with Gasteiger partial charge in [0, 0.05) is 19.1 Å². The number of rotatable bonds is 8. The van der Waals surface area contributed by atoms with Gasteiger partial charge in [-0.05, 0) is 49.9 Å². The summed E-state index contributed by atoms with van der Waals surface area (Å²) >= 11 is 0. The Hall–Kier alpha value is -1.59. The Balaban J connectivity index is 1.81. The number of aliphatic hydroxyl groups is 1. The predicted octanol–water partition coefficient (Wildman–Crippen LogP) is 2.18. The highest BCUT2D eigenvalue weighted by molar-refractivity contribution is 5.80. The Morgan fingerprint density at radius 1 is 1.42 bits per heavy atom. The van der Waals surface area contributed by atoms with Crippen molar-refractivity contribution in [3.05, 3.63) is 29.8 Å². The van der Waals surface area contributed by atoms with Gasteiger partial charge >= 0.3 is 0 Å². The van der Waals surface area contributed by atoms with Crippen molar-refractivity contribution in [2.24, 2.45) is 5.92 Å². The van der Waals surface area contributed by atoms with Crippen LogP contribution < -0.4 is 10.1 Å². The van der Waals surface area contributed by atoms with Crippen LogP contribution in [-0.2, 0) is 11.4 Å². The van der Waals surface area contributed by atoms with E-state index in [1.165, 1.54) is 6.42 Å². The Kier molecular flexibility index (Phi) is 7.06. The molecule has 0 radical (unpaired) electrons. The first kappa shape index (κ1) is 18.7. The Morgan fingerprint density at radius 3 is 2.92 bits per heavy atom. The second-order valence-electron chi connectivity index (χ2n) is 7.00. The molecule has 1 aliphatic rings. The lowest BCUT2D eigenvalue weighted by molar-refractivity contribution is -0.127. The molecule has 1 amide bonds. The molecule has 1 aromatic rings. The van der Waals surface area contributed by atoms with Gasteiger partial charge in [0.05, 0.1) is 6.61 Å². The SMILES string of the molecule is CC(C)CN1CCC[C@H]1CNC(=O)C(C)Oc1cccc(CO)c1. The third-order valence-corrected chi connectivity index (χ3v) is 4.37. The van der Waals surface area contributed by atoms with E-state index in [2.05, 4.69) is 24.1 Å². The number of carbonyl (C=O) groups excluding carboxylic acids is 1. The van der Waals surface area contributed by atoms with Crippen LogP contribution in [0.4, 0.5) is 0 Å². The Labute approximate surface area is 145 Å². The largest absolute Gasteiger partial charge is 0.481 e. The molecular weight excluding hydrogens is 304 g/mol. The third-order valence-electron chi connectivity index (χ3n) is 4.37. The molecule has 134 valence electrons. The van der Waals surface area contributed by atoms with Gasteiger partial charge in [-0.15, -0.1) is 0 Å². The van der Waals surface area contributed by atoms with E-state index in [-0.39, 0.29) is 12.5 Å². The standard InChI is InChI=1S/C19H30N2O3/c1-14(2)12-21-9-5-7-17(21)11-20-19(23)15(3)24-18-8-4-6-16(10-18)13-22/h4,6,8,10,14-15,17,22H,5,7,9,11-13H2,1-3H3,(H,20,23)/t15?,17-/m0/s1. The molecule has 1 unspecified atom stereocenters. The fourth-order valence-electron chi connectivity index (χ4n) is 3.17. The van der Waals surface area contributed by atoms with Crippen molar-refractivity contribution in [2.45, 2.75) is 52.4 Å². The van der Waals surface area contributed by atoms with Crippen LogP contribution in [0.3, 0.4) is 0 Å². The molecule has 1 heterocycles. The summed E-state index contributed by atoms with van der Waals surface area (Å²) in [6, 6.07) is 7.62. The molecule has 2 atom stereocenters. The summed E-state index contributed by atoms with van der Waals surface area (Å²) < 4.78 is 5.69. The monoisotopic (exact) mass is 334 g/mol. The van der Waals surface area contributed by atoms with Crippen LogP contribution in [0.1, 0.15) is 39.2 Å². The minimum atomic E-state index is -0.557. The summed E-state index contributed by atoms with van der Waals surface area (Å²) in [5, 5.41) is 12.2. The molecule has 2 rings (SSSR count). The molecule has 0 bridgehead atoms. The van der Waals surface area contributed by atoms with Gasteiger partial charge < -0.3 is 15.2 Å². The second kappa shape index (κ2) is 9.04. The van der Waals surface area contributed by atoms with E-state index in [1.54, 1.807) is 19.1 Å². The first-order chi connectivity index (χ1) is 11.5. The van der Waals surface area contributed by atoms with Crippen molar-refractivity contribution in [2.75, 3.05) is 19.6 Å². The van der Waals surface area contributed by atoms with Crippen molar-refractivity contribution in [3.63, 3.8) is 0 Å². The van der Waals surface area contributed by atoms with Crippen LogP contribution in [0.15, 0.2) is 24.3 Å². The number of aliphatic hydroxyl groups excluding tert-OH is 1. The first-order valence-corrected chi connectivity index (χ1v) is 8.87. The molecule has 5 nitrogen and oxygen atoms in total. The van der Waals surface area contributed by atoms with Crippen LogP contribution in [0.5, 0.6) is 5.75 Å². The van der Waals surface area contributed by atoms with Crippen LogP contribution in [0.2, 0.25) is 0 Å². The second-order valence-corrected chi connectivity index (χ2v) is 7.00. The molecule has 2 N–H and O–H groups in total. The molecule has 5 heteroatoms. The molecule has 0 spiro atoms. The van der Waals surface area contributed by atoms with Crippen LogP contribution in [-0.4, -0.2) is 47.7 Å². The fourth-order valence-corrected chi connectivity index (χ4v) is 3.17. The lowest BCUT2D eigenvalue weighted by Crippen LogP contribution is -2.45. The summed E-state index contributed by atoms with van der Waals surface area (Å²) in [7, 11) is 0. The fraction of sp³-hybridized carbons (Fsp3) is 0.632. The van der Waals surface area contributed by atoms with Crippen molar-refractivity contribution >= 4 is 5.91 Å². The number of ether oxygens (including phenoxy) is 1. The molecular formula is C19H30N2O3. The van der Waals surface area contributed by atoms with Crippen LogP contribution in [0, 0.1) is 5.92 Å². The Bertz CT molecular complexity index is 533. The van der Waals surface area contributed by atoms with Crippen molar-refractivity contribution in [1.82, 2.24) is 10.2 Å². The highest BCUT2D eigenvalue weighted by atomic mass is 16.5. The quantitative estimate of drug-likeness (QED) is 0.765. The highest BCUT2D eigenvalue weighted by Crippen LogP contribution is 2.18. The number of hydrogen-bond acceptors (Lipinski definition) is 4. The average molecular weight is 334 g/mol. The van der Waals surface area contributed by atoms with Gasteiger partial charge in [-0.2, -0.15) is 0 Å². The molecule has 0 saturated carbocycles. The maximum Gasteiger partial charge on any atom is 0.260 e. The van der Waals surface area contributed by atoms with Crippen molar-refractivity contribution in [1.29, 1.82) is 0 Å². The zero-order chi connectivity index (χ0) is 17.5. The van der Waals surface area contributed by atoms with Crippen LogP contribution >= 0.6 is 0 Å². The molecule has 1 aromatic carbocycles. The van der Waals surface area contributed by atoms with Gasteiger partial charge in [0.2, 0.25) is 0 Å². The number of likely N-dealkylation sites (tertiary alicyclic amines) is 1. The predicted molar refractivity (Wildman–Crippen MR) is 94.9 cm³/mol. The molecule has 1 aliphatic heterocycles. The average Bonchev–Trinajstić information content (AvgIpc) is 2.99. The van der Waals surface area contributed by atoms with E-state index in [1.807, 2.05) is 12.1 Å². The molecule has 0 aliphatic carbocycles. The van der Waals surface area contributed by atoms with E-state index >= 15 is 0 Å². The lowest BCUT2D eigenvalue weighted by Gasteiger charge is -2.26. The minimum absolute atomic E-state index is 0.0366. The van der Waals surface area contributed by atoms with Gasteiger partial charge in [-0.1, -0.05) is 26.0 Å². The molecule has 0 aromatic heterocycles. The van der Waals surface area contributed by atoms with Crippen molar-refractivity contribution in [3.8, 4) is 5.75 Å². The van der Waals surface area contributed by atoms with E-state index in [0.717, 1.165) is 25.1 Å². The number of nitrogens with one attached hydrogen (secondary N) is 1. The van der Waals surface area contributed by atoms with Crippen molar-refractivity contribution < 1.29 is 14.6 Å². The number of carbonyl (C=O) groups is 1. The smallest absolute Gasteiger partial charge is 0.260 e. The van der Waals surface area contributed by atoms with E-state index < -0.39 is 6.10 Å². The number of benzene rings is 1. The summed E-state index contributed by atoms with van der Waals surface area (Å²) in [5.41, 5.74) is 0.774. The highest BCUT2D eigenvalue weighted by Gasteiger charge is 2.26. The Morgan fingerprint density at radius 2 is 2.21 bits per heavy atom. The number of hydrogen-bond donors (Lipinski definition) is 2. The zero-order valence-corrected chi connectivity index (χ0v) is 15.0. The first-order valence-electron chi connectivity index (χ1n) is 8.87. The van der Waals surface area contributed by atoms with E-state index in [4.69, 9.17) is 9.84 Å². The van der Waals surface area contributed by atoms with Gasteiger partial charge in [-0.25, -0.2) is 0 Å². The lowest BCUT2D eigenvalue weighted by atomic mass is 10.1. The molecule has 1 saturated heterocycles. The summed E-state index contributed by atoms with van der Waals surface area (Å²) in [6.45, 7) is 9.05. The molecule has 1 fully saturated rings. The van der Waals surface area contributed by atoms with Crippen LogP contribution in [0.25, 0.3) is 0 Å². The molecule has 24 heavy (non-hydrogen) atoms. The topological polar surface area (TPSA) is 61.8 Å². The normalized spacial score (nSPS) is 19.5. The minimum Gasteiger partial charge on any atom is -0.481 e. The van der Waals surface area contributed by atoms with Gasteiger partial charge in [0.25, 0.3) is 5.91 Å². The van der Waals surface area contributed by atoms with E-state index in [9.17, 15) is 4.79 Å². The number of nitrogens with zero attached hydrogens (tertiary/aromatic N) is 1. The maximum atomic E-state index is 12.3. The van der Waals surface area contributed by atoms with Gasteiger partial charge in [-0.3, -0.25) is 9.69 Å². The van der Waals surface area contributed by atoms with E-state index in [0.29, 0.717) is 24.3 Å². The number of amides is 1. The summed E-state index contributed by atoms with van der Waals surface area (Å²) in [6.07, 6.45) is 1.78. The van der Waals surface area contributed by atoms with Gasteiger partial charge in [0.15, 0.2) is 6.10 Å². The zero-order valence-electron chi connectivity index (χ0n) is 15.0. The van der Waals surface area contributed by atoms with Gasteiger partial charge in [0.1, 0.15) is 5.75 Å².